The third kappa shape index (κ3) is 5.62. The summed E-state index contributed by atoms with van der Waals surface area (Å²) in [5.74, 6) is -0.00412. The van der Waals surface area contributed by atoms with Crippen LogP contribution < -0.4 is 10.1 Å². The van der Waals surface area contributed by atoms with E-state index in [9.17, 15) is 9.59 Å². The zero-order valence-electron chi connectivity index (χ0n) is 15.7. The quantitative estimate of drug-likeness (QED) is 0.775. The van der Waals surface area contributed by atoms with Gasteiger partial charge < -0.3 is 14.8 Å². The van der Waals surface area contributed by atoms with E-state index in [-0.39, 0.29) is 5.91 Å². The highest BCUT2D eigenvalue weighted by molar-refractivity contribution is 5.92. The van der Waals surface area contributed by atoms with Crippen molar-refractivity contribution in [3.8, 4) is 5.75 Å². The average molecular weight is 355 g/mol. The summed E-state index contributed by atoms with van der Waals surface area (Å²) in [5, 5.41) is 2.79. The lowest BCUT2D eigenvalue weighted by Gasteiger charge is -2.14. The van der Waals surface area contributed by atoms with Crippen LogP contribution >= 0.6 is 0 Å². The molecule has 1 amide bonds. The minimum Gasteiger partial charge on any atom is -0.497 e. The molecule has 0 fully saturated rings. The summed E-state index contributed by atoms with van der Waals surface area (Å²) in [6.07, 6.45) is -0.160. The average Bonchev–Trinajstić information content (AvgIpc) is 2.61. The van der Waals surface area contributed by atoms with Crippen LogP contribution in [0.1, 0.15) is 34.0 Å². The molecule has 0 aliphatic carbocycles. The molecule has 0 saturated carbocycles. The maximum Gasteiger partial charge on any atom is 0.338 e. The fourth-order valence-corrected chi connectivity index (χ4v) is 2.64. The van der Waals surface area contributed by atoms with Crippen LogP contribution in [0.4, 0.5) is 0 Å². The molecular weight excluding hydrogens is 330 g/mol. The zero-order chi connectivity index (χ0) is 19.1. The molecule has 0 heterocycles. The number of hydrogen-bond acceptors (Lipinski definition) is 4. The lowest BCUT2D eigenvalue weighted by molar-refractivity contribution is -0.129. The molecule has 138 valence electrons. The first-order valence-corrected chi connectivity index (χ1v) is 8.59. The molecule has 2 rings (SSSR count). The van der Waals surface area contributed by atoms with E-state index in [2.05, 4.69) is 5.32 Å². The number of ether oxygens (including phenoxy) is 2. The first-order valence-electron chi connectivity index (χ1n) is 8.59. The van der Waals surface area contributed by atoms with E-state index < -0.39 is 12.1 Å². The molecule has 0 spiro atoms. The maximum atomic E-state index is 12.2. The number of carbonyl (C=O) groups is 2. The van der Waals surface area contributed by atoms with Gasteiger partial charge in [-0.3, -0.25) is 4.79 Å². The maximum absolute atomic E-state index is 12.2. The molecule has 2 aromatic rings. The van der Waals surface area contributed by atoms with Gasteiger partial charge in [-0.15, -0.1) is 0 Å². The number of benzene rings is 2. The van der Waals surface area contributed by atoms with E-state index in [0.29, 0.717) is 18.5 Å². The predicted octanol–water partition coefficient (Wildman–Crippen LogP) is 3.22. The number of methoxy groups -OCH3 is 1. The minimum absolute atomic E-state index is 0.309. The van der Waals surface area contributed by atoms with E-state index in [1.54, 1.807) is 26.2 Å². The highest BCUT2D eigenvalue weighted by Gasteiger charge is 2.18. The van der Waals surface area contributed by atoms with Crippen LogP contribution in [0.2, 0.25) is 0 Å². The largest absolute Gasteiger partial charge is 0.497 e. The standard InChI is InChI=1S/C21H25NO4/c1-14-11-15(2)13-18(12-14)21(24)26-16(3)20(23)22-10-9-17-5-7-19(25-4)8-6-17/h5-8,11-13,16H,9-10H2,1-4H3,(H,22,23). The Bertz CT molecular complexity index is 748. The normalized spacial score (nSPS) is 11.5. The van der Waals surface area contributed by atoms with Gasteiger partial charge in [0.1, 0.15) is 5.75 Å². The van der Waals surface area contributed by atoms with Gasteiger partial charge in [-0.05, 0) is 57.0 Å². The van der Waals surface area contributed by atoms with Gasteiger partial charge in [0, 0.05) is 6.54 Å². The first-order chi connectivity index (χ1) is 12.4. The van der Waals surface area contributed by atoms with Crippen molar-refractivity contribution < 1.29 is 19.1 Å². The Labute approximate surface area is 154 Å². The van der Waals surface area contributed by atoms with E-state index in [0.717, 1.165) is 22.4 Å². The molecule has 5 nitrogen and oxygen atoms in total. The van der Waals surface area contributed by atoms with Crippen LogP contribution in [0.5, 0.6) is 5.75 Å². The Hall–Kier alpha value is -2.82. The molecule has 2 aromatic carbocycles. The van der Waals surface area contributed by atoms with Gasteiger partial charge in [0.2, 0.25) is 0 Å². The summed E-state index contributed by atoms with van der Waals surface area (Å²) in [4.78, 5) is 24.3. The molecule has 1 atom stereocenters. The SMILES string of the molecule is COc1ccc(CCNC(=O)C(C)OC(=O)c2cc(C)cc(C)c2)cc1. The third-order valence-corrected chi connectivity index (χ3v) is 3.98. The Morgan fingerprint density at radius 1 is 1.04 bits per heavy atom. The van der Waals surface area contributed by atoms with E-state index >= 15 is 0 Å². The summed E-state index contributed by atoms with van der Waals surface area (Å²) >= 11 is 0. The smallest absolute Gasteiger partial charge is 0.338 e. The van der Waals surface area contributed by atoms with Crippen LogP contribution in [-0.4, -0.2) is 31.6 Å². The minimum atomic E-state index is -0.848. The Morgan fingerprint density at radius 2 is 1.65 bits per heavy atom. The summed E-state index contributed by atoms with van der Waals surface area (Å²) in [5.41, 5.74) is 3.51. The Balaban J connectivity index is 1.81. The van der Waals surface area contributed by atoms with Gasteiger partial charge in [-0.1, -0.05) is 29.3 Å². The Morgan fingerprint density at radius 3 is 2.23 bits per heavy atom. The summed E-state index contributed by atoms with van der Waals surface area (Å²) in [6, 6.07) is 13.2. The second kappa shape index (κ2) is 9.04. The van der Waals surface area contributed by atoms with Crippen molar-refractivity contribution in [3.63, 3.8) is 0 Å². The molecule has 0 aromatic heterocycles. The lowest BCUT2D eigenvalue weighted by Crippen LogP contribution is -2.36. The zero-order valence-corrected chi connectivity index (χ0v) is 15.7. The monoisotopic (exact) mass is 355 g/mol. The van der Waals surface area contributed by atoms with Gasteiger partial charge in [-0.25, -0.2) is 4.79 Å². The van der Waals surface area contributed by atoms with E-state index in [1.807, 2.05) is 44.2 Å². The van der Waals surface area contributed by atoms with Crippen LogP contribution in [0.3, 0.4) is 0 Å². The molecular formula is C21H25NO4. The molecule has 1 unspecified atom stereocenters. The number of amides is 1. The molecule has 0 radical (unpaired) electrons. The Kier molecular flexibility index (Phi) is 6.78. The van der Waals surface area contributed by atoms with Gasteiger partial charge in [0.05, 0.1) is 12.7 Å². The fourth-order valence-electron chi connectivity index (χ4n) is 2.64. The van der Waals surface area contributed by atoms with Crippen LogP contribution in [-0.2, 0) is 16.0 Å². The molecule has 5 heteroatoms. The van der Waals surface area contributed by atoms with Crippen molar-refractivity contribution in [2.45, 2.75) is 33.3 Å². The van der Waals surface area contributed by atoms with Crippen LogP contribution in [0.25, 0.3) is 0 Å². The topological polar surface area (TPSA) is 64.6 Å². The first kappa shape index (κ1) is 19.5. The number of esters is 1. The predicted molar refractivity (Wildman–Crippen MR) is 101 cm³/mol. The molecule has 0 aliphatic rings. The van der Waals surface area contributed by atoms with Crippen molar-refractivity contribution in [2.24, 2.45) is 0 Å². The highest BCUT2D eigenvalue weighted by atomic mass is 16.5. The summed E-state index contributed by atoms with van der Waals surface area (Å²) in [7, 11) is 1.62. The summed E-state index contributed by atoms with van der Waals surface area (Å²) in [6.45, 7) is 5.87. The number of hydrogen-bond donors (Lipinski definition) is 1. The van der Waals surface area contributed by atoms with Crippen molar-refractivity contribution in [2.75, 3.05) is 13.7 Å². The van der Waals surface area contributed by atoms with Gasteiger partial charge in [-0.2, -0.15) is 0 Å². The number of rotatable bonds is 7. The highest BCUT2D eigenvalue weighted by Crippen LogP contribution is 2.12. The fraction of sp³-hybridized carbons (Fsp3) is 0.333. The summed E-state index contributed by atoms with van der Waals surface area (Å²) < 4.78 is 10.4. The van der Waals surface area contributed by atoms with Crippen LogP contribution in [0.15, 0.2) is 42.5 Å². The molecule has 26 heavy (non-hydrogen) atoms. The van der Waals surface area contributed by atoms with Crippen molar-refractivity contribution in [3.05, 3.63) is 64.7 Å². The van der Waals surface area contributed by atoms with Gasteiger partial charge in [0.25, 0.3) is 5.91 Å². The molecule has 0 bridgehead atoms. The second-order valence-corrected chi connectivity index (χ2v) is 6.31. The number of nitrogens with one attached hydrogen (secondary N) is 1. The number of carbonyl (C=O) groups excluding carboxylic acids is 2. The van der Waals surface area contributed by atoms with E-state index in [4.69, 9.17) is 9.47 Å². The second-order valence-electron chi connectivity index (χ2n) is 6.31. The van der Waals surface area contributed by atoms with Crippen molar-refractivity contribution in [1.29, 1.82) is 0 Å². The van der Waals surface area contributed by atoms with E-state index in [1.165, 1.54) is 0 Å². The molecule has 0 saturated heterocycles. The molecule has 0 aliphatic heterocycles. The van der Waals surface area contributed by atoms with Crippen molar-refractivity contribution in [1.82, 2.24) is 5.32 Å². The third-order valence-electron chi connectivity index (χ3n) is 3.98. The van der Waals surface area contributed by atoms with Crippen molar-refractivity contribution >= 4 is 11.9 Å². The lowest BCUT2D eigenvalue weighted by atomic mass is 10.1. The van der Waals surface area contributed by atoms with Gasteiger partial charge in [0.15, 0.2) is 6.10 Å². The molecule has 1 N–H and O–H groups in total. The van der Waals surface area contributed by atoms with Crippen LogP contribution in [0, 0.1) is 13.8 Å². The van der Waals surface area contributed by atoms with Gasteiger partial charge >= 0.3 is 5.97 Å². The number of aryl methyl sites for hydroxylation is 2.